The van der Waals surface area contributed by atoms with E-state index in [9.17, 15) is 4.79 Å². The number of thiazole rings is 1. The molecule has 1 aromatic heterocycles. The number of nitrogens with two attached hydrogens (primary N) is 1. The molecular formula is C16H14N2O2S. The monoisotopic (exact) mass is 298 g/mol. The summed E-state index contributed by atoms with van der Waals surface area (Å²) in [5.41, 5.74) is 8.70. The Labute approximate surface area is 126 Å². The van der Waals surface area contributed by atoms with Gasteiger partial charge in [-0.05, 0) is 42.8 Å². The lowest BCUT2D eigenvalue weighted by Gasteiger charge is -2.05. The maximum Gasteiger partial charge on any atom is 0.338 e. The fourth-order valence-corrected chi connectivity index (χ4v) is 2.88. The zero-order valence-electron chi connectivity index (χ0n) is 11.5. The third-order valence-corrected chi connectivity index (χ3v) is 4.18. The van der Waals surface area contributed by atoms with Crippen LogP contribution in [0.1, 0.15) is 20.9 Å². The number of rotatable bonds is 3. The van der Waals surface area contributed by atoms with Crippen molar-refractivity contribution in [3.63, 3.8) is 0 Å². The van der Waals surface area contributed by atoms with E-state index < -0.39 is 0 Å². The van der Waals surface area contributed by atoms with E-state index in [0.29, 0.717) is 11.3 Å². The summed E-state index contributed by atoms with van der Waals surface area (Å²) in [5.74, 6) is -0.364. The number of fused-ring (bicyclic) bond motifs is 1. The Kier molecular flexibility index (Phi) is 3.58. The fraction of sp³-hybridized carbons (Fsp3) is 0.125. The summed E-state index contributed by atoms with van der Waals surface area (Å²) in [6, 6.07) is 13.0. The Morgan fingerprint density at radius 2 is 2.10 bits per heavy atom. The van der Waals surface area contributed by atoms with Gasteiger partial charge in [-0.25, -0.2) is 9.78 Å². The van der Waals surface area contributed by atoms with Crippen LogP contribution in [0.25, 0.3) is 10.2 Å². The SMILES string of the molecule is Cc1cc(C(=O)OCc2nc3ccccc3s2)ccc1N. The highest BCUT2D eigenvalue weighted by Crippen LogP contribution is 2.22. The molecule has 0 aliphatic heterocycles. The van der Waals surface area contributed by atoms with Crippen molar-refractivity contribution in [1.29, 1.82) is 0 Å². The molecule has 0 radical (unpaired) electrons. The molecule has 0 aliphatic carbocycles. The van der Waals surface area contributed by atoms with Crippen molar-refractivity contribution in [3.05, 3.63) is 58.6 Å². The Bertz CT molecular complexity index is 778. The van der Waals surface area contributed by atoms with E-state index in [-0.39, 0.29) is 12.6 Å². The minimum Gasteiger partial charge on any atom is -0.455 e. The molecule has 0 fully saturated rings. The number of carbonyl (C=O) groups is 1. The molecule has 2 aromatic carbocycles. The molecule has 5 heteroatoms. The third-order valence-electron chi connectivity index (χ3n) is 3.17. The van der Waals surface area contributed by atoms with Gasteiger partial charge in [-0.15, -0.1) is 11.3 Å². The predicted molar refractivity (Wildman–Crippen MR) is 84.3 cm³/mol. The number of esters is 1. The van der Waals surface area contributed by atoms with Crippen LogP contribution in [0.4, 0.5) is 5.69 Å². The zero-order chi connectivity index (χ0) is 14.8. The largest absolute Gasteiger partial charge is 0.455 e. The molecule has 0 amide bonds. The van der Waals surface area contributed by atoms with Crippen molar-refractivity contribution in [2.75, 3.05) is 5.73 Å². The van der Waals surface area contributed by atoms with Crippen molar-refractivity contribution in [3.8, 4) is 0 Å². The third kappa shape index (κ3) is 2.87. The number of nitrogens with zero attached hydrogens (tertiary/aromatic N) is 1. The predicted octanol–water partition coefficient (Wildman–Crippen LogP) is 3.54. The average Bonchev–Trinajstić information content (AvgIpc) is 2.90. The molecule has 1 heterocycles. The van der Waals surface area contributed by atoms with Crippen LogP contribution in [0, 0.1) is 6.92 Å². The van der Waals surface area contributed by atoms with Crippen LogP contribution in [-0.4, -0.2) is 11.0 Å². The van der Waals surface area contributed by atoms with Crippen LogP contribution < -0.4 is 5.73 Å². The van der Waals surface area contributed by atoms with Gasteiger partial charge in [0.15, 0.2) is 0 Å². The van der Waals surface area contributed by atoms with Crippen LogP contribution in [0.2, 0.25) is 0 Å². The highest BCUT2D eigenvalue weighted by molar-refractivity contribution is 7.18. The number of nitrogen functional groups attached to an aromatic ring is 1. The van der Waals surface area contributed by atoms with Crippen molar-refractivity contribution in [2.24, 2.45) is 0 Å². The number of aryl methyl sites for hydroxylation is 1. The van der Waals surface area contributed by atoms with Crippen LogP contribution >= 0.6 is 11.3 Å². The lowest BCUT2D eigenvalue weighted by Crippen LogP contribution is -2.06. The maximum atomic E-state index is 12.0. The summed E-state index contributed by atoms with van der Waals surface area (Å²) in [5, 5.41) is 0.789. The van der Waals surface area contributed by atoms with Crippen LogP contribution in [-0.2, 0) is 11.3 Å². The van der Waals surface area contributed by atoms with E-state index in [0.717, 1.165) is 20.8 Å². The highest BCUT2D eigenvalue weighted by Gasteiger charge is 2.10. The van der Waals surface area contributed by atoms with E-state index in [1.807, 2.05) is 31.2 Å². The van der Waals surface area contributed by atoms with Crippen LogP contribution in [0.5, 0.6) is 0 Å². The van der Waals surface area contributed by atoms with Crippen LogP contribution in [0.3, 0.4) is 0 Å². The average molecular weight is 298 g/mol. The summed E-state index contributed by atoms with van der Waals surface area (Å²) in [6.45, 7) is 2.04. The second-order valence-corrected chi connectivity index (χ2v) is 5.84. The van der Waals surface area contributed by atoms with Crippen molar-refractivity contribution in [2.45, 2.75) is 13.5 Å². The normalized spacial score (nSPS) is 10.7. The van der Waals surface area contributed by atoms with Gasteiger partial charge in [-0.2, -0.15) is 0 Å². The molecule has 0 aliphatic rings. The molecule has 0 spiro atoms. The van der Waals surface area contributed by atoms with E-state index in [4.69, 9.17) is 10.5 Å². The van der Waals surface area contributed by atoms with E-state index in [2.05, 4.69) is 4.98 Å². The first-order valence-electron chi connectivity index (χ1n) is 6.51. The van der Waals surface area contributed by atoms with Gasteiger partial charge in [-0.1, -0.05) is 12.1 Å². The molecule has 3 rings (SSSR count). The van der Waals surface area contributed by atoms with Gasteiger partial charge < -0.3 is 10.5 Å². The van der Waals surface area contributed by atoms with Gasteiger partial charge in [0.1, 0.15) is 11.6 Å². The minimum atomic E-state index is -0.364. The number of ether oxygens (including phenoxy) is 1. The number of hydrogen-bond acceptors (Lipinski definition) is 5. The Hall–Kier alpha value is -2.40. The highest BCUT2D eigenvalue weighted by atomic mass is 32.1. The molecule has 2 N–H and O–H groups in total. The number of carbonyl (C=O) groups excluding carboxylic acids is 1. The molecule has 21 heavy (non-hydrogen) atoms. The molecule has 4 nitrogen and oxygen atoms in total. The lowest BCUT2D eigenvalue weighted by molar-refractivity contribution is 0.0472. The smallest absolute Gasteiger partial charge is 0.338 e. The van der Waals surface area contributed by atoms with Gasteiger partial charge in [0.25, 0.3) is 0 Å². The summed E-state index contributed by atoms with van der Waals surface area (Å²) in [6.07, 6.45) is 0. The first-order chi connectivity index (χ1) is 10.1. The zero-order valence-corrected chi connectivity index (χ0v) is 12.3. The molecule has 0 saturated heterocycles. The Morgan fingerprint density at radius 3 is 2.86 bits per heavy atom. The lowest BCUT2D eigenvalue weighted by atomic mass is 10.1. The maximum absolute atomic E-state index is 12.0. The molecule has 106 valence electrons. The molecule has 0 atom stereocenters. The number of aromatic nitrogens is 1. The van der Waals surface area contributed by atoms with Gasteiger partial charge in [0, 0.05) is 5.69 Å². The second kappa shape index (κ2) is 5.54. The quantitative estimate of drug-likeness (QED) is 0.593. The van der Waals surface area contributed by atoms with Crippen molar-refractivity contribution >= 4 is 33.2 Å². The number of benzene rings is 2. The van der Waals surface area contributed by atoms with Crippen LogP contribution in [0.15, 0.2) is 42.5 Å². The molecule has 3 aromatic rings. The number of anilines is 1. The second-order valence-electron chi connectivity index (χ2n) is 4.72. The Morgan fingerprint density at radius 1 is 1.29 bits per heavy atom. The van der Waals surface area contributed by atoms with Gasteiger partial charge in [0.2, 0.25) is 0 Å². The first-order valence-corrected chi connectivity index (χ1v) is 7.33. The number of para-hydroxylation sites is 1. The van der Waals surface area contributed by atoms with Gasteiger partial charge >= 0.3 is 5.97 Å². The summed E-state index contributed by atoms with van der Waals surface area (Å²) >= 11 is 1.53. The Balaban J connectivity index is 1.71. The fourth-order valence-electron chi connectivity index (χ4n) is 1.99. The van der Waals surface area contributed by atoms with Gasteiger partial charge in [-0.3, -0.25) is 0 Å². The van der Waals surface area contributed by atoms with E-state index in [1.165, 1.54) is 11.3 Å². The van der Waals surface area contributed by atoms with E-state index in [1.54, 1.807) is 18.2 Å². The molecule has 0 saturated carbocycles. The summed E-state index contributed by atoms with van der Waals surface area (Å²) < 4.78 is 6.40. The number of hydrogen-bond donors (Lipinski definition) is 1. The first kappa shape index (κ1) is 13.6. The minimum absolute atomic E-state index is 0.182. The van der Waals surface area contributed by atoms with Gasteiger partial charge in [0.05, 0.1) is 15.8 Å². The van der Waals surface area contributed by atoms with Crippen molar-refractivity contribution < 1.29 is 9.53 Å². The molecular weight excluding hydrogens is 284 g/mol. The molecule has 0 unspecified atom stereocenters. The summed E-state index contributed by atoms with van der Waals surface area (Å²) in [4.78, 5) is 16.4. The van der Waals surface area contributed by atoms with Crippen molar-refractivity contribution in [1.82, 2.24) is 4.98 Å². The topological polar surface area (TPSA) is 65.2 Å². The standard InChI is InChI=1S/C16H14N2O2S/c1-10-8-11(6-7-12(10)17)16(19)20-9-15-18-13-4-2-3-5-14(13)21-15/h2-8H,9,17H2,1H3. The van der Waals surface area contributed by atoms with E-state index >= 15 is 0 Å². The molecule has 0 bridgehead atoms. The summed E-state index contributed by atoms with van der Waals surface area (Å²) in [7, 11) is 0.